The molecule has 0 fully saturated rings. The van der Waals surface area contributed by atoms with Crippen LogP contribution in [0.5, 0.6) is 0 Å². The van der Waals surface area contributed by atoms with Crippen LogP contribution in [-0.4, -0.2) is 26.4 Å². The lowest BCUT2D eigenvalue weighted by Crippen LogP contribution is -2.37. The van der Waals surface area contributed by atoms with Gasteiger partial charge in [-0.15, -0.1) is 0 Å². The van der Waals surface area contributed by atoms with Crippen molar-refractivity contribution in [2.24, 2.45) is 5.73 Å². The number of halogens is 3. The van der Waals surface area contributed by atoms with Crippen molar-refractivity contribution in [3.63, 3.8) is 0 Å². The smallest absolute Gasteiger partial charge is 0.370 e. The van der Waals surface area contributed by atoms with Gasteiger partial charge in [0.2, 0.25) is 5.91 Å². The van der Waals surface area contributed by atoms with E-state index in [1.54, 1.807) is 0 Å². The van der Waals surface area contributed by atoms with Gasteiger partial charge in [-0.05, 0) is 0 Å². The SMILES string of the molecule is NC(=O)CCNS(=O)(=O)C(F)(F)F. The molecular weight excluding hydrogens is 213 g/mol. The van der Waals surface area contributed by atoms with Gasteiger partial charge in [0, 0.05) is 13.0 Å². The number of nitrogens with two attached hydrogens (primary N) is 1. The zero-order valence-corrected chi connectivity index (χ0v) is 7.07. The molecule has 9 heteroatoms. The van der Waals surface area contributed by atoms with Crippen LogP contribution in [0.1, 0.15) is 6.42 Å². The number of carbonyl (C=O) groups is 1. The summed E-state index contributed by atoms with van der Waals surface area (Å²) in [6.07, 6.45) is -0.477. The van der Waals surface area contributed by atoms with Crippen LogP contribution in [0.15, 0.2) is 0 Å². The average molecular weight is 220 g/mol. The third-order valence-corrected chi connectivity index (χ3v) is 2.16. The highest BCUT2D eigenvalue weighted by Crippen LogP contribution is 2.21. The Kier molecular flexibility index (Phi) is 3.67. The van der Waals surface area contributed by atoms with Gasteiger partial charge in [0.05, 0.1) is 0 Å². The summed E-state index contributed by atoms with van der Waals surface area (Å²) in [6, 6.07) is 0. The predicted octanol–water partition coefficient (Wildman–Crippen LogP) is -0.699. The molecular formula is C4H7F3N2O3S. The van der Waals surface area contributed by atoms with Crippen LogP contribution < -0.4 is 10.5 Å². The van der Waals surface area contributed by atoms with Gasteiger partial charge in [0.1, 0.15) is 0 Å². The Labute approximate surface area is 72.1 Å². The first-order valence-corrected chi connectivity index (χ1v) is 4.49. The first kappa shape index (κ1) is 12.2. The number of rotatable bonds is 4. The fourth-order valence-electron chi connectivity index (χ4n) is 0.390. The highest BCUT2D eigenvalue weighted by atomic mass is 32.2. The second kappa shape index (κ2) is 3.92. The summed E-state index contributed by atoms with van der Waals surface area (Å²) in [5.41, 5.74) is -0.781. The van der Waals surface area contributed by atoms with Crippen LogP contribution in [0.3, 0.4) is 0 Å². The lowest BCUT2D eigenvalue weighted by Gasteiger charge is -2.07. The lowest BCUT2D eigenvalue weighted by molar-refractivity contribution is -0.117. The van der Waals surface area contributed by atoms with Gasteiger partial charge in [0.25, 0.3) is 0 Å². The minimum atomic E-state index is -5.36. The standard InChI is InChI=1S/C4H7F3N2O3S/c5-4(6,7)13(11,12)9-2-1-3(8)10/h9H,1-2H2,(H2,8,10). The Balaban J connectivity index is 4.15. The van der Waals surface area contributed by atoms with Gasteiger partial charge in [-0.25, -0.2) is 13.1 Å². The molecule has 3 N–H and O–H groups in total. The molecule has 0 saturated carbocycles. The zero-order valence-electron chi connectivity index (χ0n) is 6.26. The fourth-order valence-corrected chi connectivity index (χ4v) is 0.925. The van der Waals surface area contributed by atoms with Crippen molar-refractivity contribution in [1.82, 2.24) is 4.72 Å². The summed E-state index contributed by atoms with van der Waals surface area (Å²) in [7, 11) is -5.35. The molecule has 0 radical (unpaired) electrons. The first-order chi connectivity index (χ1) is 5.67. The second-order valence-electron chi connectivity index (χ2n) is 2.06. The summed E-state index contributed by atoms with van der Waals surface area (Å²) in [5, 5.41) is 0. The Hall–Kier alpha value is -0.830. The highest BCUT2D eigenvalue weighted by molar-refractivity contribution is 7.90. The molecule has 0 unspecified atom stereocenters. The van der Waals surface area contributed by atoms with Gasteiger partial charge < -0.3 is 5.73 Å². The van der Waals surface area contributed by atoms with Gasteiger partial charge in [0.15, 0.2) is 0 Å². The van der Waals surface area contributed by atoms with Gasteiger partial charge in [-0.2, -0.15) is 13.2 Å². The minimum Gasteiger partial charge on any atom is -0.370 e. The number of alkyl halides is 3. The largest absolute Gasteiger partial charge is 0.511 e. The molecule has 0 aliphatic rings. The van der Waals surface area contributed by atoms with Crippen LogP contribution in [0.25, 0.3) is 0 Å². The van der Waals surface area contributed by atoms with Crippen molar-refractivity contribution < 1.29 is 26.4 Å². The molecule has 0 bridgehead atoms. The van der Waals surface area contributed by atoms with E-state index < -0.39 is 34.4 Å². The van der Waals surface area contributed by atoms with E-state index in [-0.39, 0.29) is 0 Å². The summed E-state index contributed by atoms with van der Waals surface area (Å²) in [5.74, 6) is -0.884. The number of hydrogen-bond donors (Lipinski definition) is 2. The number of hydrogen-bond acceptors (Lipinski definition) is 3. The number of sulfonamides is 1. The summed E-state index contributed by atoms with van der Waals surface area (Å²) >= 11 is 0. The first-order valence-electron chi connectivity index (χ1n) is 3.01. The number of amides is 1. The van der Waals surface area contributed by atoms with E-state index in [1.165, 1.54) is 4.72 Å². The van der Waals surface area contributed by atoms with Gasteiger partial charge in [-0.1, -0.05) is 0 Å². The summed E-state index contributed by atoms with van der Waals surface area (Å²) in [4.78, 5) is 10.0. The van der Waals surface area contributed by atoms with Crippen molar-refractivity contribution in [3.8, 4) is 0 Å². The predicted molar refractivity (Wildman–Crippen MR) is 36.8 cm³/mol. The third-order valence-electron chi connectivity index (χ3n) is 0.968. The molecule has 0 rings (SSSR count). The molecule has 78 valence electrons. The highest BCUT2D eigenvalue weighted by Gasteiger charge is 2.45. The monoisotopic (exact) mass is 220 g/mol. The minimum absolute atomic E-state index is 0.477. The number of primary amides is 1. The van der Waals surface area contributed by atoms with Crippen LogP contribution in [0, 0.1) is 0 Å². The van der Waals surface area contributed by atoms with E-state index in [2.05, 4.69) is 5.73 Å². The van der Waals surface area contributed by atoms with E-state index in [9.17, 15) is 26.4 Å². The van der Waals surface area contributed by atoms with E-state index in [1.807, 2.05) is 0 Å². The quantitative estimate of drug-likeness (QED) is 0.656. The fraction of sp³-hybridized carbons (Fsp3) is 0.750. The maximum absolute atomic E-state index is 11.6. The molecule has 0 aromatic heterocycles. The van der Waals surface area contributed by atoms with Crippen molar-refractivity contribution in [2.75, 3.05) is 6.54 Å². The molecule has 0 aliphatic heterocycles. The molecule has 13 heavy (non-hydrogen) atoms. The van der Waals surface area contributed by atoms with Gasteiger partial charge >= 0.3 is 15.5 Å². The Bertz CT molecular complexity index is 283. The van der Waals surface area contributed by atoms with Crippen LogP contribution in [0.4, 0.5) is 13.2 Å². The Morgan fingerprint density at radius 2 is 1.85 bits per heavy atom. The Morgan fingerprint density at radius 1 is 1.38 bits per heavy atom. The van der Waals surface area contributed by atoms with Crippen LogP contribution >= 0.6 is 0 Å². The van der Waals surface area contributed by atoms with Crippen molar-refractivity contribution in [1.29, 1.82) is 0 Å². The number of nitrogens with one attached hydrogen (secondary N) is 1. The average Bonchev–Trinajstić information content (AvgIpc) is 1.82. The van der Waals surface area contributed by atoms with Crippen molar-refractivity contribution >= 4 is 15.9 Å². The van der Waals surface area contributed by atoms with Crippen molar-refractivity contribution in [3.05, 3.63) is 0 Å². The molecule has 0 atom stereocenters. The lowest BCUT2D eigenvalue weighted by atomic mass is 10.4. The molecule has 1 amide bonds. The number of carbonyl (C=O) groups excluding carboxylic acids is 1. The van der Waals surface area contributed by atoms with Crippen LogP contribution in [-0.2, 0) is 14.8 Å². The summed E-state index contributed by atoms with van der Waals surface area (Å²) in [6.45, 7) is -0.656. The van der Waals surface area contributed by atoms with E-state index in [4.69, 9.17) is 0 Å². The van der Waals surface area contributed by atoms with E-state index >= 15 is 0 Å². The zero-order chi connectivity index (χ0) is 10.7. The normalized spacial score (nSPS) is 12.8. The molecule has 0 aromatic carbocycles. The topological polar surface area (TPSA) is 89.3 Å². The van der Waals surface area contributed by atoms with E-state index in [0.29, 0.717) is 0 Å². The molecule has 0 saturated heterocycles. The second-order valence-corrected chi connectivity index (χ2v) is 3.82. The molecule has 5 nitrogen and oxygen atoms in total. The molecule has 0 aromatic rings. The van der Waals surface area contributed by atoms with E-state index in [0.717, 1.165) is 0 Å². The molecule has 0 aliphatic carbocycles. The van der Waals surface area contributed by atoms with Crippen LogP contribution in [0.2, 0.25) is 0 Å². The maximum Gasteiger partial charge on any atom is 0.511 e. The Morgan fingerprint density at radius 3 is 2.15 bits per heavy atom. The van der Waals surface area contributed by atoms with Gasteiger partial charge in [-0.3, -0.25) is 4.79 Å². The molecule has 0 heterocycles. The third kappa shape index (κ3) is 4.08. The molecule has 0 spiro atoms. The van der Waals surface area contributed by atoms with Crippen molar-refractivity contribution in [2.45, 2.75) is 11.9 Å². The maximum atomic E-state index is 11.6. The summed E-state index contributed by atoms with van der Waals surface area (Å²) < 4.78 is 56.4.